The number of carbonyl (C=O) groups is 2. The van der Waals surface area contributed by atoms with E-state index in [-0.39, 0.29) is 23.3 Å². The second kappa shape index (κ2) is 8.89. The van der Waals surface area contributed by atoms with Crippen LogP contribution in [0.5, 0.6) is 0 Å². The van der Waals surface area contributed by atoms with Gasteiger partial charge in [-0.25, -0.2) is 0 Å². The summed E-state index contributed by atoms with van der Waals surface area (Å²) >= 11 is 4.76. The Balaban J connectivity index is 3.90. The van der Waals surface area contributed by atoms with Crippen LogP contribution >= 0.6 is 12.2 Å². The second-order valence-corrected chi connectivity index (χ2v) is 3.90. The van der Waals surface area contributed by atoms with Crippen LogP contribution in [0.25, 0.3) is 0 Å². The zero-order chi connectivity index (χ0) is 13.3. The number of thiocarbonyl (C=S) groups is 1. The van der Waals surface area contributed by atoms with Gasteiger partial charge in [-0.05, 0) is 6.42 Å². The summed E-state index contributed by atoms with van der Waals surface area (Å²) in [5.41, 5.74) is 5.41. The van der Waals surface area contributed by atoms with E-state index in [1.807, 2.05) is 6.92 Å². The van der Waals surface area contributed by atoms with Gasteiger partial charge in [0.15, 0.2) is 0 Å². The summed E-state index contributed by atoms with van der Waals surface area (Å²) < 4.78 is 4.77. The van der Waals surface area contributed by atoms with E-state index in [9.17, 15) is 9.59 Å². The molecule has 1 atom stereocenters. The summed E-state index contributed by atoms with van der Waals surface area (Å²) in [6.07, 6.45) is 0.520. The van der Waals surface area contributed by atoms with E-state index in [1.165, 1.54) is 0 Å². The molecule has 1 unspecified atom stereocenters. The van der Waals surface area contributed by atoms with Crippen LogP contribution in [0.15, 0.2) is 0 Å². The van der Waals surface area contributed by atoms with Crippen molar-refractivity contribution in [3.8, 4) is 0 Å². The molecule has 0 aromatic heterocycles. The Morgan fingerprint density at radius 2 is 2.06 bits per heavy atom. The van der Waals surface area contributed by atoms with Gasteiger partial charge in [0.25, 0.3) is 0 Å². The van der Waals surface area contributed by atoms with Gasteiger partial charge in [-0.2, -0.15) is 0 Å². The maximum atomic E-state index is 11.6. The van der Waals surface area contributed by atoms with Gasteiger partial charge < -0.3 is 21.1 Å². The summed E-state index contributed by atoms with van der Waals surface area (Å²) in [7, 11) is 1.54. The minimum atomic E-state index is -0.517. The number of nitrogens with one attached hydrogen (secondary N) is 2. The van der Waals surface area contributed by atoms with Crippen molar-refractivity contribution in [1.29, 1.82) is 0 Å². The van der Waals surface area contributed by atoms with Gasteiger partial charge in [-0.3, -0.25) is 9.59 Å². The minimum Gasteiger partial charge on any atom is -0.393 e. The number of hydrogen-bond acceptors (Lipinski definition) is 4. The molecule has 0 saturated heterocycles. The first-order valence-electron chi connectivity index (χ1n) is 5.35. The standard InChI is InChI=1S/C10H19N3O3S/c1-3-7(9(11)17)10(15)13-6-8(14)12-4-5-16-2/h7H,3-6H2,1-2H3,(H2,11,17)(H,12,14)(H,13,15). The molecule has 17 heavy (non-hydrogen) atoms. The first-order chi connectivity index (χ1) is 8.02. The molecule has 0 spiro atoms. The van der Waals surface area contributed by atoms with Crippen molar-refractivity contribution in [3.05, 3.63) is 0 Å². The highest BCUT2D eigenvalue weighted by Gasteiger charge is 2.19. The Morgan fingerprint density at radius 1 is 1.41 bits per heavy atom. The van der Waals surface area contributed by atoms with Crippen molar-refractivity contribution in [3.63, 3.8) is 0 Å². The smallest absolute Gasteiger partial charge is 0.239 e. The number of ether oxygens (including phenoxy) is 1. The molecule has 0 rings (SSSR count). The molecule has 0 aromatic carbocycles. The first kappa shape index (κ1) is 15.8. The van der Waals surface area contributed by atoms with Crippen molar-refractivity contribution in [2.75, 3.05) is 26.8 Å². The van der Waals surface area contributed by atoms with Crippen molar-refractivity contribution in [1.82, 2.24) is 10.6 Å². The zero-order valence-corrected chi connectivity index (χ0v) is 10.9. The van der Waals surface area contributed by atoms with Gasteiger partial charge in [0.1, 0.15) is 0 Å². The Bertz CT molecular complexity index is 284. The molecular weight excluding hydrogens is 242 g/mol. The maximum Gasteiger partial charge on any atom is 0.239 e. The molecular formula is C10H19N3O3S. The largest absolute Gasteiger partial charge is 0.393 e. The highest BCUT2D eigenvalue weighted by Crippen LogP contribution is 2.02. The van der Waals surface area contributed by atoms with Crippen LogP contribution in [0.4, 0.5) is 0 Å². The molecule has 98 valence electrons. The number of carbonyl (C=O) groups excluding carboxylic acids is 2. The predicted octanol–water partition coefficient (Wildman–Crippen LogP) is -0.822. The van der Waals surface area contributed by atoms with E-state index in [0.717, 1.165) is 0 Å². The van der Waals surface area contributed by atoms with Gasteiger partial charge in [0, 0.05) is 13.7 Å². The lowest BCUT2D eigenvalue weighted by Crippen LogP contribution is -2.43. The van der Waals surface area contributed by atoms with Gasteiger partial charge in [-0.1, -0.05) is 19.1 Å². The highest BCUT2D eigenvalue weighted by atomic mass is 32.1. The van der Waals surface area contributed by atoms with Crippen molar-refractivity contribution in [2.45, 2.75) is 13.3 Å². The number of nitrogens with two attached hydrogens (primary N) is 1. The van der Waals surface area contributed by atoms with Crippen LogP contribution in [0, 0.1) is 5.92 Å². The third kappa shape index (κ3) is 6.85. The van der Waals surface area contributed by atoms with E-state index in [4.69, 9.17) is 22.7 Å². The molecule has 6 nitrogen and oxygen atoms in total. The summed E-state index contributed by atoms with van der Waals surface area (Å²) in [5, 5.41) is 5.06. The molecule has 0 fully saturated rings. The van der Waals surface area contributed by atoms with Crippen LogP contribution in [0.1, 0.15) is 13.3 Å². The Hall–Kier alpha value is -1.21. The van der Waals surface area contributed by atoms with Crippen LogP contribution in [0.3, 0.4) is 0 Å². The quantitative estimate of drug-likeness (QED) is 0.392. The molecule has 0 heterocycles. The van der Waals surface area contributed by atoms with E-state index >= 15 is 0 Å². The minimum absolute atomic E-state index is 0.0817. The van der Waals surface area contributed by atoms with E-state index in [0.29, 0.717) is 19.6 Å². The molecule has 0 aliphatic carbocycles. The SMILES string of the molecule is CCC(C(=O)NCC(=O)NCCOC)C(N)=S. The van der Waals surface area contributed by atoms with Crippen LogP contribution in [-0.2, 0) is 14.3 Å². The summed E-state index contributed by atoms with van der Waals surface area (Å²) in [5.74, 6) is -1.10. The van der Waals surface area contributed by atoms with E-state index < -0.39 is 5.92 Å². The normalized spacial score (nSPS) is 11.6. The summed E-state index contributed by atoms with van der Waals surface area (Å²) in [4.78, 5) is 23.0. The summed E-state index contributed by atoms with van der Waals surface area (Å²) in [6, 6.07) is 0. The number of rotatable bonds is 8. The fraction of sp³-hybridized carbons (Fsp3) is 0.700. The van der Waals surface area contributed by atoms with Gasteiger partial charge >= 0.3 is 0 Å². The third-order valence-corrected chi connectivity index (χ3v) is 2.40. The fourth-order valence-electron chi connectivity index (χ4n) is 1.16. The molecule has 7 heteroatoms. The lowest BCUT2D eigenvalue weighted by Gasteiger charge is -2.13. The molecule has 0 saturated carbocycles. The highest BCUT2D eigenvalue weighted by molar-refractivity contribution is 7.80. The average molecular weight is 261 g/mol. The lowest BCUT2D eigenvalue weighted by molar-refractivity contribution is -0.127. The molecule has 0 aliphatic heterocycles. The van der Waals surface area contributed by atoms with Crippen molar-refractivity contribution in [2.24, 2.45) is 11.7 Å². The summed E-state index contributed by atoms with van der Waals surface area (Å²) in [6.45, 7) is 2.57. The third-order valence-electron chi connectivity index (χ3n) is 2.12. The Labute approximate surface area is 106 Å². The molecule has 0 bridgehead atoms. The lowest BCUT2D eigenvalue weighted by atomic mass is 10.1. The number of amides is 2. The number of methoxy groups -OCH3 is 1. The Kier molecular flexibility index (Phi) is 8.25. The van der Waals surface area contributed by atoms with Crippen LogP contribution < -0.4 is 16.4 Å². The number of hydrogen-bond donors (Lipinski definition) is 3. The van der Waals surface area contributed by atoms with E-state index in [1.54, 1.807) is 7.11 Å². The van der Waals surface area contributed by atoms with Crippen LogP contribution in [-0.4, -0.2) is 43.6 Å². The first-order valence-corrected chi connectivity index (χ1v) is 5.76. The maximum absolute atomic E-state index is 11.6. The van der Waals surface area contributed by atoms with Crippen molar-refractivity contribution >= 4 is 29.0 Å². The predicted molar refractivity (Wildman–Crippen MR) is 68.5 cm³/mol. The molecule has 4 N–H and O–H groups in total. The molecule has 0 radical (unpaired) electrons. The Morgan fingerprint density at radius 3 is 2.53 bits per heavy atom. The zero-order valence-electron chi connectivity index (χ0n) is 10.1. The van der Waals surface area contributed by atoms with E-state index in [2.05, 4.69) is 10.6 Å². The molecule has 2 amide bonds. The van der Waals surface area contributed by atoms with Crippen molar-refractivity contribution < 1.29 is 14.3 Å². The monoisotopic (exact) mass is 261 g/mol. The second-order valence-electron chi connectivity index (χ2n) is 3.42. The molecule has 0 aliphatic rings. The van der Waals surface area contributed by atoms with Gasteiger partial charge in [0.2, 0.25) is 11.8 Å². The fourth-order valence-corrected chi connectivity index (χ4v) is 1.44. The average Bonchev–Trinajstić information content (AvgIpc) is 2.27. The topological polar surface area (TPSA) is 93.5 Å². The van der Waals surface area contributed by atoms with Crippen LogP contribution in [0.2, 0.25) is 0 Å². The molecule has 0 aromatic rings. The van der Waals surface area contributed by atoms with Gasteiger partial charge in [-0.15, -0.1) is 0 Å². The van der Waals surface area contributed by atoms with Gasteiger partial charge in [0.05, 0.1) is 24.1 Å².